The topological polar surface area (TPSA) is 94.4 Å². The first-order valence-electron chi connectivity index (χ1n) is 11.0. The molecule has 0 aliphatic carbocycles. The van der Waals surface area contributed by atoms with Crippen LogP contribution in [0.2, 0.25) is 25.7 Å². The molecular weight excluding hydrogens is 412 g/mol. The molecule has 1 amide bonds. The Balaban J connectivity index is 1.63. The molecule has 9 nitrogen and oxygen atoms in total. The van der Waals surface area contributed by atoms with Gasteiger partial charge in [0.25, 0.3) is 0 Å². The predicted octanol–water partition coefficient (Wildman–Crippen LogP) is 3.95. The number of anilines is 1. The van der Waals surface area contributed by atoms with Gasteiger partial charge in [0.1, 0.15) is 24.5 Å². The third-order valence-electron chi connectivity index (χ3n) is 5.06. The van der Waals surface area contributed by atoms with Crippen molar-refractivity contribution in [1.82, 2.24) is 24.6 Å². The van der Waals surface area contributed by atoms with Gasteiger partial charge in [0, 0.05) is 33.8 Å². The van der Waals surface area contributed by atoms with Crippen molar-refractivity contribution in [3.05, 3.63) is 12.5 Å². The van der Waals surface area contributed by atoms with Gasteiger partial charge in [-0.05, 0) is 39.7 Å². The lowest BCUT2D eigenvalue weighted by Crippen LogP contribution is -2.47. The number of aromatic nitrogens is 4. The van der Waals surface area contributed by atoms with E-state index >= 15 is 0 Å². The molecule has 3 heterocycles. The Bertz CT molecular complexity index is 889. The van der Waals surface area contributed by atoms with Gasteiger partial charge in [-0.3, -0.25) is 0 Å². The highest BCUT2D eigenvalue weighted by atomic mass is 28.3. The molecule has 0 spiro atoms. The lowest BCUT2D eigenvalue weighted by Gasteiger charge is -2.34. The molecule has 2 aromatic rings. The van der Waals surface area contributed by atoms with E-state index in [1.807, 2.05) is 20.8 Å². The Hall–Kier alpha value is -2.20. The van der Waals surface area contributed by atoms with E-state index in [-0.39, 0.29) is 12.1 Å². The van der Waals surface area contributed by atoms with E-state index in [1.165, 1.54) is 0 Å². The number of likely N-dealkylation sites (tertiary alicyclic amines) is 1. The zero-order chi connectivity index (χ0) is 22.6. The molecule has 3 rings (SSSR count). The van der Waals surface area contributed by atoms with Crippen LogP contribution >= 0.6 is 0 Å². The van der Waals surface area contributed by atoms with E-state index in [0.29, 0.717) is 19.8 Å². The molecule has 1 aliphatic heterocycles. The number of carbonyl (C=O) groups excluding carboxylic acids is 1. The van der Waals surface area contributed by atoms with Crippen LogP contribution in [0.4, 0.5) is 10.6 Å². The molecule has 1 N–H and O–H groups in total. The molecule has 10 heteroatoms. The molecule has 1 fully saturated rings. The van der Waals surface area contributed by atoms with Crippen molar-refractivity contribution in [3.63, 3.8) is 0 Å². The average molecular weight is 449 g/mol. The van der Waals surface area contributed by atoms with Gasteiger partial charge in [0.05, 0.1) is 11.6 Å². The number of nitrogens with zero attached hydrogens (tertiary/aromatic N) is 5. The first-order chi connectivity index (χ1) is 14.5. The summed E-state index contributed by atoms with van der Waals surface area (Å²) in [7, 11) is -1.12. The van der Waals surface area contributed by atoms with E-state index in [0.717, 1.165) is 42.3 Å². The molecule has 0 saturated carbocycles. The number of hydrogen-bond donors (Lipinski definition) is 1. The van der Waals surface area contributed by atoms with E-state index < -0.39 is 13.7 Å². The van der Waals surface area contributed by atoms with Crippen LogP contribution in [0.3, 0.4) is 0 Å². The summed E-state index contributed by atoms with van der Waals surface area (Å²) in [5.41, 5.74) is 0.243. The average Bonchev–Trinajstić information content (AvgIpc) is 3.08. The molecule has 172 valence electrons. The summed E-state index contributed by atoms with van der Waals surface area (Å²) < 4.78 is 13.1. The van der Waals surface area contributed by atoms with Crippen LogP contribution in [0.25, 0.3) is 11.0 Å². The maximum Gasteiger partial charge on any atom is 0.410 e. The van der Waals surface area contributed by atoms with E-state index in [9.17, 15) is 4.79 Å². The maximum absolute atomic E-state index is 12.4. The Morgan fingerprint density at radius 2 is 2.06 bits per heavy atom. The second-order valence-electron chi connectivity index (χ2n) is 10.4. The quantitative estimate of drug-likeness (QED) is 0.506. The lowest BCUT2D eigenvalue weighted by atomic mass is 10.1. The highest BCUT2D eigenvalue weighted by Gasteiger charge is 2.28. The molecule has 0 radical (unpaired) electrons. The molecule has 0 unspecified atom stereocenters. The van der Waals surface area contributed by atoms with Crippen molar-refractivity contribution in [3.8, 4) is 0 Å². The summed E-state index contributed by atoms with van der Waals surface area (Å²) in [6.45, 7) is 15.0. The van der Waals surface area contributed by atoms with Crippen molar-refractivity contribution in [2.75, 3.05) is 25.0 Å². The Morgan fingerprint density at radius 1 is 1.29 bits per heavy atom. The van der Waals surface area contributed by atoms with Crippen molar-refractivity contribution in [2.45, 2.75) is 77.7 Å². The maximum atomic E-state index is 12.4. The third kappa shape index (κ3) is 6.89. The second-order valence-corrected chi connectivity index (χ2v) is 16.0. The van der Waals surface area contributed by atoms with Crippen LogP contribution in [0.5, 0.6) is 0 Å². The number of ether oxygens (including phenoxy) is 2. The molecule has 31 heavy (non-hydrogen) atoms. The molecule has 2 aromatic heterocycles. The predicted molar refractivity (Wildman–Crippen MR) is 124 cm³/mol. The van der Waals surface area contributed by atoms with Gasteiger partial charge in [0.15, 0.2) is 5.65 Å². The molecule has 0 aromatic carbocycles. The summed E-state index contributed by atoms with van der Waals surface area (Å²) in [6.07, 6.45) is 4.91. The molecular formula is C21H36N6O3Si. The van der Waals surface area contributed by atoms with Crippen LogP contribution in [0, 0.1) is 0 Å². The SMILES string of the molecule is CC(C)(C)OC(=O)N1CCC[C@@H](Nc2ncnc3c2cnn3COCC[Si](C)(C)C)C1. The van der Waals surface area contributed by atoms with Crippen LogP contribution in [0.1, 0.15) is 33.6 Å². The second kappa shape index (κ2) is 9.52. The number of nitrogens with one attached hydrogen (secondary N) is 1. The number of hydrogen-bond acceptors (Lipinski definition) is 7. The minimum absolute atomic E-state index is 0.0933. The highest BCUT2D eigenvalue weighted by molar-refractivity contribution is 6.76. The minimum atomic E-state index is -1.12. The van der Waals surface area contributed by atoms with Crippen LogP contribution < -0.4 is 5.32 Å². The van der Waals surface area contributed by atoms with Crippen molar-refractivity contribution >= 4 is 31.0 Å². The fourth-order valence-electron chi connectivity index (χ4n) is 3.41. The first-order valence-corrected chi connectivity index (χ1v) is 14.7. The van der Waals surface area contributed by atoms with Crippen molar-refractivity contribution < 1.29 is 14.3 Å². The highest BCUT2D eigenvalue weighted by Crippen LogP contribution is 2.23. The Morgan fingerprint density at radius 3 is 2.77 bits per heavy atom. The van der Waals surface area contributed by atoms with Crippen LogP contribution in [0.15, 0.2) is 12.5 Å². The van der Waals surface area contributed by atoms with Crippen molar-refractivity contribution in [1.29, 1.82) is 0 Å². The van der Waals surface area contributed by atoms with Gasteiger partial charge in [-0.1, -0.05) is 19.6 Å². The van der Waals surface area contributed by atoms with E-state index in [1.54, 1.807) is 22.1 Å². The van der Waals surface area contributed by atoms with Gasteiger partial charge in [0.2, 0.25) is 0 Å². The van der Waals surface area contributed by atoms with Crippen LogP contribution in [-0.4, -0.2) is 70.2 Å². The largest absolute Gasteiger partial charge is 0.444 e. The van der Waals surface area contributed by atoms with Crippen LogP contribution in [-0.2, 0) is 16.2 Å². The monoisotopic (exact) mass is 448 g/mol. The normalized spacial score (nSPS) is 17.7. The summed E-state index contributed by atoms with van der Waals surface area (Å²) in [5.74, 6) is 0.731. The van der Waals surface area contributed by atoms with E-state index in [4.69, 9.17) is 9.47 Å². The van der Waals surface area contributed by atoms with Crippen molar-refractivity contribution in [2.24, 2.45) is 0 Å². The zero-order valence-corrected chi connectivity index (χ0v) is 20.6. The Kier molecular flexibility index (Phi) is 7.20. The van der Waals surface area contributed by atoms with E-state index in [2.05, 4.69) is 40.0 Å². The summed E-state index contributed by atoms with van der Waals surface area (Å²) in [6, 6.07) is 1.21. The zero-order valence-electron chi connectivity index (χ0n) is 19.6. The molecule has 1 saturated heterocycles. The van der Waals surface area contributed by atoms with Gasteiger partial charge in [-0.2, -0.15) is 5.10 Å². The lowest BCUT2D eigenvalue weighted by molar-refractivity contribution is 0.0206. The summed E-state index contributed by atoms with van der Waals surface area (Å²) >= 11 is 0. The number of fused-ring (bicyclic) bond motifs is 1. The minimum Gasteiger partial charge on any atom is -0.444 e. The standard InChI is InChI=1S/C21H36N6O3Si/c1-21(2,3)30-20(28)26-9-7-8-16(13-26)25-18-17-12-24-27(19(17)23-14-22-18)15-29-10-11-31(4,5)6/h12,14,16H,7-11,13,15H2,1-6H3,(H,22,23,25)/t16-/m1/s1. The summed E-state index contributed by atoms with van der Waals surface area (Å²) in [4.78, 5) is 23.0. The fourth-order valence-corrected chi connectivity index (χ4v) is 4.17. The summed E-state index contributed by atoms with van der Waals surface area (Å²) in [5, 5.41) is 8.78. The number of amides is 1. The van der Waals surface area contributed by atoms with Gasteiger partial charge >= 0.3 is 6.09 Å². The molecule has 0 bridgehead atoms. The smallest absolute Gasteiger partial charge is 0.410 e. The first kappa shape index (κ1) is 23.5. The number of piperidine rings is 1. The molecule has 1 atom stereocenters. The fraction of sp³-hybridized carbons (Fsp3) is 0.714. The third-order valence-corrected chi connectivity index (χ3v) is 6.76. The van der Waals surface area contributed by atoms with Gasteiger partial charge in [-0.25, -0.2) is 19.4 Å². The Labute approximate surface area is 185 Å². The molecule has 1 aliphatic rings. The number of rotatable bonds is 7. The number of carbonyl (C=O) groups is 1. The van der Waals surface area contributed by atoms with Gasteiger partial charge < -0.3 is 19.7 Å². The van der Waals surface area contributed by atoms with Gasteiger partial charge in [-0.15, -0.1) is 0 Å².